The molecule has 0 saturated heterocycles. The molecule has 2 rings (SSSR count). The average Bonchev–Trinajstić information content (AvgIpc) is 2.47. The van der Waals surface area contributed by atoms with E-state index >= 15 is 0 Å². The summed E-state index contributed by atoms with van der Waals surface area (Å²) < 4.78 is 19.1. The molecular formula is C14H15FN2O3. The Hall–Kier alpha value is -2.05. The second kappa shape index (κ2) is 6.40. The van der Waals surface area contributed by atoms with Gasteiger partial charge in [-0.05, 0) is 30.3 Å². The molecule has 0 fully saturated rings. The van der Waals surface area contributed by atoms with Crippen LogP contribution in [0, 0.1) is 5.82 Å². The van der Waals surface area contributed by atoms with Crippen LogP contribution in [0.2, 0.25) is 0 Å². The summed E-state index contributed by atoms with van der Waals surface area (Å²) in [5.74, 6) is -0.344. The Morgan fingerprint density at radius 3 is 2.65 bits per heavy atom. The van der Waals surface area contributed by atoms with Crippen LogP contribution >= 0.6 is 0 Å². The number of rotatable bonds is 5. The third-order valence-corrected chi connectivity index (χ3v) is 2.87. The van der Waals surface area contributed by atoms with Crippen molar-refractivity contribution in [3.8, 4) is 11.3 Å². The monoisotopic (exact) mass is 278 g/mol. The molecule has 0 unspecified atom stereocenters. The summed E-state index contributed by atoms with van der Waals surface area (Å²) in [7, 11) is 1.53. The lowest BCUT2D eigenvalue weighted by Gasteiger charge is -2.09. The Balaban J connectivity index is 2.47. The van der Waals surface area contributed by atoms with E-state index in [9.17, 15) is 14.3 Å². The molecule has 1 aromatic heterocycles. The van der Waals surface area contributed by atoms with E-state index in [-0.39, 0.29) is 30.1 Å². The topological polar surface area (TPSA) is 64.3 Å². The van der Waals surface area contributed by atoms with Crippen molar-refractivity contribution in [1.82, 2.24) is 9.78 Å². The van der Waals surface area contributed by atoms with Crippen LogP contribution in [0.4, 0.5) is 4.39 Å². The predicted octanol–water partition coefficient (Wildman–Crippen LogP) is 1.19. The molecule has 1 aromatic carbocycles. The third-order valence-electron chi connectivity index (χ3n) is 2.87. The van der Waals surface area contributed by atoms with Gasteiger partial charge < -0.3 is 9.84 Å². The molecule has 0 aliphatic heterocycles. The Kier molecular flexibility index (Phi) is 4.60. The summed E-state index contributed by atoms with van der Waals surface area (Å²) in [6.07, 6.45) is 0. The quantitative estimate of drug-likeness (QED) is 0.892. The Labute approximate surface area is 115 Å². The van der Waals surface area contributed by atoms with Crippen molar-refractivity contribution in [3.63, 3.8) is 0 Å². The number of methoxy groups -OCH3 is 1. The van der Waals surface area contributed by atoms with Crippen molar-refractivity contribution in [1.29, 1.82) is 0 Å². The summed E-state index contributed by atoms with van der Waals surface area (Å²) in [5.41, 5.74) is 1.07. The number of halogens is 1. The number of hydrogen-bond acceptors (Lipinski definition) is 4. The van der Waals surface area contributed by atoms with Crippen molar-refractivity contribution in [2.45, 2.75) is 13.2 Å². The van der Waals surface area contributed by atoms with Crippen LogP contribution in [0.15, 0.2) is 35.1 Å². The van der Waals surface area contributed by atoms with E-state index in [1.165, 1.54) is 30.0 Å². The Morgan fingerprint density at radius 1 is 1.35 bits per heavy atom. The number of ether oxygens (including phenoxy) is 1. The molecule has 0 amide bonds. The summed E-state index contributed by atoms with van der Waals surface area (Å²) >= 11 is 0. The maximum absolute atomic E-state index is 12.9. The van der Waals surface area contributed by atoms with Gasteiger partial charge in [0.15, 0.2) is 0 Å². The number of aromatic nitrogens is 2. The zero-order valence-electron chi connectivity index (χ0n) is 11.0. The minimum absolute atomic E-state index is 0.246. The van der Waals surface area contributed by atoms with E-state index in [0.717, 1.165) is 0 Å². The largest absolute Gasteiger partial charge is 0.391 e. The zero-order valence-corrected chi connectivity index (χ0v) is 11.0. The maximum atomic E-state index is 12.9. The molecule has 2 aromatic rings. The molecule has 20 heavy (non-hydrogen) atoms. The first-order valence-electron chi connectivity index (χ1n) is 6.12. The fourth-order valence-corrected chi connectivity index (χ4v) is 1.80. The summed E-state index contributed by atoms with van der Waals surface area (Å²) in [5, 5.41) is 13.5. The number of benzene rings is 1. The van der Waals surface area contributed by atoms with E-state index in [4.69, 9.17) is 4.74 Å². The first kappa shape index (κ1) is 14.4. The van der Waals surface area contributed by atoms with Crippen LogP contribution in [-0.2, 0) is 17.9 Å². The van der Waals surface area contributed by atoms with Crippen LogP contribution in [0.5, 0.6) is 0 Å². The standard InChI is InChI=1S/C14H15FN2O3/c1-20-7-6-17-14(19)11(9-18)8-13(16-17)10-2-4-12(15)5-3-10/h2-5,8,18H,6-7,9H2,1H3. The van der Waals surface area contributed by atoms with E-state index in [0.29, 0.717) is 17.9 Å². The average molecular weight is 278 g/mol. The van der Waals surface area contributed by atoms with Crippen molar-refractivity contribution < 1.29 is 14.2 Å². The SMILES string of the molecule is COCCn1nc(-c2ccc(F)cc2)cc(CO)c1=O. The smallest absolute Gasteiger partial charge is 0.272 e. The molecule has 106 valence electrons. The van der Waals surface area contributed by atoms with Gasteiger partial charge in [-0.15, -0.1) is 0 Å². The van der Waals surface area contributed by atoms with E-state index in [2.05, 4.69) is 5.10 Å². The van der Waals surface area contributed by atoms with Gasteiger partial charge >= 0.3 is 0 Å². The van der Waals surface area contributed by atoms with Crippen molar-refractivity contribution >= 4 is 0 Å². The van der Waals surface area contributed by atoms with Crippen LogP contribution in [0.3, 0.4) is 0 Å². The van der Waals surface area contributed by atoms with Gasteiger partial charge in [-0.1, -0.05) is 0 Å². The van der Waals surface area contributed by atoms with Gasteiger partial charge in [0.2, 0.25) is 0 Å². The number of aliphatic hydroxyl groups excluding tert-OH is 1. The van der Waals surface area contributed by atoms with Gasteiger partial charge in [0.1, 0.15) is 5.82 Å². The van der Waals surface area contributed by atoms with Crippen LogP contribution in [0.25, 0.3) is 11.3 Å². The molecule has 5 nitrogen and oxygen atoms in total. The van der Waals surface area contributed by atoms with Crippen molar-refractivity contribution in [3.05, 3.63) is 52.1 Å². The predicted molar refractivity (Wildman–Crippen MR) is 71.7 cm³/mol. The molecule has 0 bridgehead atoms. The van der Waals surface area contributed by atoms with Crippen LogP contribution < -0.4 is 5.56 Å². The lowest BCUT2D eigenvalue weighted by Crippen LogP contribution is -2.28. The van der Waals surface area contributed by atoms with Crippen LogP contribution in [-0.4, -0.2) is 28.6 Å². The molecule has 0 spiro atoms. The number of aliphatic hydroxyl groups is 1. The highest BCUT2D eigenvalue weighted by Gasteiger charge is 2.09. The van der Waals surface area contributed by atoms with E-state index in [1.807, 2.05) is 0 Å². The Bertz CT molecular complexity index is 638. The van der Waals surface area contributed by atoms with Gasteiger partial charge in [0.05, 0.1) is 25.5 Å². The number of hydrogen-bond donors (Lipinski definition) is 1. The summed E-state index contributed by atoms with van der Waals surface area (Å²) in [6, 6.07) is 7.30. The van der Waals surface area contributed by atoms with E-state index < -0.39 is 0 Å². The fraction of sp³-hybridized carbons (Fsp3) is 0.286. The molecular weight excluding hydrogens is 263 g/mol. The first-order chi connectivity index (χ1) is 9.65. The molecule has 1 heterocycles. The van der Waals surface area contributed by atoms with Gasteiger partial charge in [0.25, 0.3) is 5.56 Å². The van der Waals surface area contributed by atoms with Gasteiger partial charge in [-0.2, -0.15) is 5.10 Å². The lowest BCUT2D eigenvalue weighted by atomic mass is 10.1. The minimum Gasteiger partial charge on any atom is -0.391 e. The zero-order chi connectivity index (χ0) is 14.5. The highest BCUT2D eigenvalue weighted by Crippen LogP contribution is 2.17. The summed E-state index contributed by atoms with van der Waals surface area (Å²) in [4.78, 5) is 12.0. The molecule has 1 N–H and O–H groups in total. The van der Waals surface area contributed by atoms with Crippen LogP contribution in [0.1, 0.15) is 5.56 Å². The molecule has 0 aliphatic carbocycles. The van der Waals surface area contributed by atoms with Crippen molar-refractivity contribution in [2.75, 3.05) is 13.7 Å². The van der Waals surface area contributed by atoms with E-state index in [1.54, 1.807) is 12.1 Å². The first-order valence-corrected chi connectivity index (χ1v) is 6.12. The molecule has 6 heteroatoms. The minimum atomic E-state index is -0.372. The van der Waals surface area contributed by atoms with Gasteiger partial charge in [0, 0.05) is 18.2 Å². The normalized spacial score (nSPS) is 10.8. The molecule has 0 aliphatic rings. The molecule has 0 saturated carbocycles. The second-order valence-electron chi connectivity index (χ2n) is 4.24. The lowest BCUT2D eigenvalue weighted by molar-refractivity contribution is 0.181. The second-order valence-corrected chi connectivity index (χ2v) is 4.24. The number of nitrogens with zero attached hydrogens (tertiary/aromatic N) is 2. The fourth-order valence-electron chi connectivity index (χ4n) is 1.80. The summed E-state index contributed by atoms with van der Waals surface area (Å²) in [6.45, 7) is 0.255. The Morgan fingerprint density at radius 2 is 2.05 bits per heavy atom. The highest BCUT2D eigenvalue weighted by atomic mass is 19.1. The maximum Gasteiger partial charge on any atom is 0.272 e. The van der Waals surface area contributed by atoms with Gasteiger partial charge in [-0.3, -0.25) is 4.79 Å². The molecule has 0 atom stereocenters. The van der Waals surface area contributed by atoms with Crippen molar-refractivity contribution in [2.24, 2.45) is 0 Å². The van der Waals surface area contributed by atoms with Gasteiger partial charge in [-0.25, -0.2) is 9.07 Å². The third kappa shape index (κ3) is 3.09. The molecule has 0 radical (unpaired) electrons. The highest BCUT2D eigenvalue weighted by molar-refractivity contribution is 5.58.